The lowest BCUT2D eigenvalue weighted by Crippen LogP contribution is -2.16. The van der Waals surface area contributed by atoms with Crippen LogP contribution in [0, 0.1) is 0 Å². The van der Waals surface area contributed by atoms with E-state index in [-0.39, 0.29) is 6.10 Å². The minimum atomic E-state index is 0.105. The molecule has 1 unspecified atom stereocenters. The van der Waals surface area contributed by atoms with Gasteiger partial charge in [-0.05, 0) is 44.5 Å². The van der Waals surface area contributed by atoms with Gasteiger partial charge in [0.25, 0.3) is 0 Å². The van der Waals surface area contributed by atoms with Gasteiger partial charge < -0.3 is 19.5 Å². The number of nitrogens with one attached hydrogen (secondary N) is 1. The van der Waals surface area contributed by atoms with Crippen molar-refractivity contribution in [2.45, 2.75) is 46.3 Å². The highest BCUT2D eigenvalue weighted by molar-refractivity contribution is 5.43. The molecule has 0 saturated carbocycles. The van der Waals surface area contributed by atoms with Gasteiger partial charge in [-0.1, -0.05) is 13.0 Å². The third-order valence-corrected chi connectivity index (χ3v) is 3.12. The Balaban J connectivity index is 2.69. The zero-order valence-corrected chi connectivity index (χ0v) is 13.8. The lowest BCUT2D eigenvalue weighted by Gasteiger charge is -2.18. The fourth-order valence-corrected chi connectivity index (χ4v) is 2.00. The third-order valence-electron chi connectivity index (χ3n) is 3.12. The van der Waals surface area contributed by atoms with Crippen molar-refractivity contribution in [3.8, 4) is 11.5 Å². The molecule has 0 amide bonds. The van der Waals surface area contributed by atoms with Crippen molar-refractivity contribution >= 4 is 0 Å². The molecule has 0 saturated heterocycles. The summed E-state index contributed by atoms with van der Waals surface area (Å²) in [6, 6.07) is 6.14. The van der Waals surface area contributed by atoms with Crippen LogP contribution in [0.25, 0.3) is 0 Å². The molecular formula is C17H29NO3. The molecule has 0 radical (unpaired) electrons. The van der Waals surface area contributed by atoms with Crippen molar-refractivity contribution in [2.24, 2.45) is 0 Å². The van der Waals surface area contributed by atoms with Crippen molar-refractivity contribution in [3.05, 3.63) is 23.8 Å². The average molecular weight is 295 g/mol. The van der Waals surface area contributed by atoms with E-state index >= 15 is 0 Å². The first-order valence-corrected chi connectivity index (χ1v) is 7.83. The lowest BCUT2D eigenvalue weighted by molar-refractivity contribution is 0.132. The highest BCUT2D eigenvalue weighted by Gasteiger charge is 2.10. The van der Waals surface area contributed by atoms with E-state index in [1.165, 1.54) is 5.56 Å². The van der Waals surface area contributed by atoms with Crippen molar-refractivity contribution in [2.75, 3.05) is 26.9 Å². The predicted molar refractivity (Wildman–Crippen MR) is 86.2 cm³/mol. The molecule has 120 valence electrons. The Morgan fingerprint density at radius 3 is 2.67 bits per heavy atom. The molecule has 0 aromatic heterocycles. The van der Waals surface area contributed by atoms with Crippen molar-refractivity contribution < 1.29 is 14.2 Å². The molecule has 0 bridgehead atoms. The van der Waals surface area contributed by atoms with Gasteiger partial charge in [-0.15, -0.1) is 0 Å². The molecule has 0 aliphatic carbocycles. The Morgan fingerprint density at radius 1 is 1.19 bits per heavy atom. The predicted octanol–water partition coefficient (Wildman–Crippen LogP) is 3.39. The molecule has 4 nitrogen and oxygen atoms in total. The van der Waals surface area contributed by atoms with E-state index in [4.69, 9.17) is 14.2 Å². The summed E-state index contributed by atoms with van der Waals surface area (Å²) in [6.45, 7) is 9.41. The van der Waals surface area contributed by atoms with Crippen LogP contribution in [0.2, 0.25) is 0 Å². The van der Waals surface area contributed by atoms with Crippen LogP contribution in [-0.4, -0.2) is 33.0 Å². The summed E-state index contributed by atoms with van der Waals surface area (Å²) in [5, 5.41) is 3.40. The largest absolute Gasteiger partial charge is 0.490 e. The van der Waals surface area contributed by atoms with Crippen molar-refractivity contribution in [3.63, 3.8) is 0 Å². The summed E-state index contributed by atoms with van der Waals surface area (Å²) in [5.74, 6) is 1.62. The van der Waals surface area contributed by atoms with Gasteiger partial charge in [-0.2, -0.15) is 0 Å². The first kappa shape index (κ1) is 17.8. The molecule has 0 fully saturated rings. The van der Waals surface area contributed by atoms with E-state index in [1.807, 2.05) is 19.9 Å². The Hall–Kier alpha value is -1.26. The molecule has 21 heavy (non-hydrogen) atoms. The van der Waals surface area contributed by atoms with Crippen LogP contribution in [0.1, 0.15) is 39.2 Å². The summed E-state index contributed by atoms with van der Waals surface area (Å²) in [5.41, 5.74) is 1.21. The van der Waals surface area contributed by atoms with Crippen LogP contribution >= 0.6 is 0 Å². The second-order valence-electron chi connectivity index (χ2n) is 5.10. The molecular weight excluding hydrogens is 266 g/mol. The molecule has 4 heteroatoms. The second-order valence-corrected chi connectivity index (χ2v) is 5.10. The molecule has 0 heterocycles. The molecule has 1 aromatic rings. The highest BCUT2D eigenvalue weighted by Crippen LogP contribution is 2.29. The van der Waals surface area contributed by atoms with Crippen molar-refractivity contribution in [1.29, 1.82) is 0 Å². The summed E-state index contributed by atoms with van der Waals surface area (Å²) in [7, 11) is 1.70. The fraction of sp³-hybridized carbons (Fsp3) is 0.647. The van der Waals surface area contributed by atoms with Crippen LogP contribution in [0.4, 0.5) is 0 Å². The summed E-state index contributed by atoms with van der Waals surface area (Å²) in [4.78, 5) is 0. The summed E-state index contributed by atoms with van der Waals surface area (Å²) >= 11 is 0. The normalized spacial score (nSPS) is 12.2. The number of methoxy groups -OCH3 is 1. The highest BCUT2D eigenvalue weighted by atomic mass is 16.5. The quantitative estimate of drug-likeness (QED) is 0.635. The van der Waals surface area contributed by atoms with Crippen LogP contribution < -0.4 is 14.8 Å². The van der Waals surface area contributed by atoms with Crippen LogP contribution in [0.15, 0.2) is 18.2 Å². The first-order chi connectivity index (χ1) is 10.2. The van der Waals surface area contributed by atoms with E-state index in [9.17, 15) is 0 Å². The number of rotatable bonds is 11. The summed E-state index contributed by atoms with van der Waals surface area (Å²) < 4.78 is 16.7. The van der Waals surface area contributed by atoms with Crippen LogP contribution in [-0.2, 0) is 11.3 Å². The SMILES string of the molecule is CCCNCc1ccc(OC(C)CCOC)c(OCC)c1. The maximum atomic E-state index is 5.96. The third kappa shape index (κ3) is 6.82. The Bertz CT molecular complexity index is 396. The maximum Gasteiger partial charge on any atom is 0.161 e. The number of benzene rings is 1. The average Bonchev–Trinajstić information content (AvgIpc) is 2.48. The monoisotopic (exact) mass is 295 g/mol. The van der Waals surface area contributed by atoms with Crippen LogP contribution in [0.3, 0.4) is 0 Å². The molecule has 1 aromatic carbocycles. The van der Waals surface area contributed by atoms with E-state index < -0.39 is 0 Å². The minimum Gasteiger partial charge on any atom is -0.490 e. The van der Waals surface area contributed by atoms with Gasteiger partial charge in [0.05, 0.1) is 12.7 Å². The zero-order valence-electron chi connectivity index (χ0n) is 13.8. The lowest BCUT2D eigenvalue weighted by atomic mass is 10.2. The smallest absolute Gasteiger partial charge is 0.161 e. The fourth-order valence-electron chi connectivity index (χ4n) is 2.00. The second kappa shape index (κ2) is 10.5. The number of hydrogen-bond donors (Lipinski definition) is 1. The molecule has 1 N–H and O–H groups in total. The Labute approximate surface area is 128 Å². The van der Waals surface area contributed by atoms with Gasteiger partial charge >= 0.3 is 0 Å². The summed E-state index contributed by atoms with van der Waals surface area (Å²) in [6.07, 6.45) is 2.10. The van der Waals surface area contributed by atoms with Gasteiger partial charge in [-0.3, -0.25) is 0 Å². The van der Waals surface area contributed by atoms with E-state index in [1.54, 1.807) is 7.11 Å². The Kier molecular flexibility index (Phi) is 8.87. The standard InChI is InChI=1S/C17H29NO3/c1-5-10-18-13-15-7-8-16(17(12-15)20-6-2)21-14(3)9-11-19-4/h7-8,12,14,18H,5-6,9-11,13H2,1-4H3. The van der Waals surface area contributed by atoms with E-state index in [2.05, 4.69) is 24.4 Å². The zero-order chi connectivity index (χ0) is 15.5. The van der Waals surface area contributed by atoms with Crippen LogP contribution in [0.5, 0.6) is 11.5 Å². The first-order valence-electron chi connectivity index (χ1n) is 7.83. The van der Waals surface area contributed by atoms with Gasteiger partial charge in [0, 0.05) is 26.7 Å². The van der Waals surface area contributed by atoms with E-state index in [0.29, 0.717) is 13.2 Å². The minimum absolute atomic E-state index is 0.105. The molecule has 0 aliphatic rings. The topological polar surface area (TPSA) is 39.7 Å². The molecule has 1 rings (SSSR count). The molecule has 1 atom stereocenters. The van der Waals surface area contributed by atoms with Crippen molar-refractivity contribution in [1.82, 2.24) is 5.32 Å². The van der Waals surface area contributed by atoms with Gasteiger partial charge in [0.2, 0.25) is 0 Å². The van der Waals surface area contributed by atoms with Gasteiger partial charge in [0.15, 0.2) is 11.5 Å². The van der Waals surface area contributed by atoms with E-state index in [0.717, 1.165) is 37.4 Å². The van der Waals surface area contributed by atoms with Gasteiger partial charge in [-0.25, -0.2) is 0 Å². The number of hydrogen-bond acceptors (Lipinski definition) is 4. The molecule has 0 spiro atoms. The Morgan fingerprint density at radius 2 is 2.00 bits per heavy atom. The molecule has 0 aliphatic heterocycles. The maximum absolute atomic E-state index is 5.96. The number of ether oxygens (including phenoxy) is 3. The van der Waals surface area contributed by atoms with Gasteiger partial charge in [0.1, 0.15) is 0 Å².